The van der Waals surface area contributed by atoms with Gasteiger partial charge < -0.3 is 15.0 Å². The second-order valence-electron chi connectivity index (χ2n) is 7.89. The summed E-state index contributed by atoms with van der Waals surface area (Å²) < 4.78 is 5.79. The molecule has 0 radical (unpaired) electrons. The largest absolute Gasteiger partial charge is 0.478 e. The van der Waals surface area contributed by atoms with Gasteiger partial charge in [-0.2, -0.15) is 0 Å². The van der Waals surface area contributed by atoms with E-state index in [2.05, 4.69) is 47.2 Å². The van der Waals surface area contributed by atoms with E-state index in [9.17, 15) is 14.9 Å². The Kier molecular flexibility index (Phi) is 5.59. The molecule has 0 saturated carbocycles. The summed E-state index contributed by atoms with van der Waals surface area (Å²) in [6.45, 7) is 8.76. The Hall–Kier alpha value is -3.13. The average molecular weight is 410 g/mol. The zero-order valence-electron chi connectivity index (χ0n) is 17.3. The molecule has 2 aromatic rings. The van der Waals surface area contributed by atoms with Crippen molar-refractivity contribution in [1.29, 1.82) is 0 Å². The molecule has 1 atom stereocenters. The minimum absolute atomic E-state index is 0.0498. The highest BCUT2D eigenvalue weighted by atomic mass is 16.6. The van der Waals surface area contributed by atoms with E-state index in [1.54, 1.807) is 0 Å². The van der Waals surface area contributed by atoms with Crippen molar-refractivity contribution in [2.45, 2.75) is 26.4 Å². The molecule has 4 rings (SSSR count). The van der Waals surface area contributed by atoms with Crippen LogP contribution in [0.4, 0.5) is 17.1 Å². The van der Waals surface area contributed by atoms with E-state index in [1.807, 2.05) is 0 Å². The number of amides is 1. The zero-order chi connectivity index (χ0) is 21.3. The summed E-state index contributed by atoms with van der Waals surface area (Å²) in [6.07, 6.45) is -0.103. The molecule has 0 bridgehead atoms. The molecule has 0 unspecified atom stereocenters. The molecular formula is C22H26N4O4. The van der Waals surface area contributed by atoms with Crippen LogP contribution in [-0.2, 0) is 4.79 Å². The number of rotatable bonds is 5. The molecule has 0 spiro atoms. The molecule has 1 saturated heterocycles. The average Bonchev–Trinajstić information content (AvgIpc) is 2.72. The van der Waals surface area contributed by atoms with Gasteiger partial charge in [0.05, 0.1) is 16.7 Å². The minimum Gasteiger partial charge on any atom is -0.478 e. The SMILES string of the molecule is Cc1cccc(C)c1N1CCN(CC[C@@H]2Oc3cc([N+](=O)[O-])ccc3NC2=O)CC1. The summed E-state index contributed by atoms with van der Waals surface area (Å²) in [5.74, 6) is 0.152. The van der Waals surface area contributed by atoms with E-state index in [4.69, 9.17) is 4.74 Å². The smallest absolute Gasteiger partial charge is 0.273 e. The van der Waals surface area contributed by atoms with Gasteiger partial charge in [0.25, 0.3) is 11.6 Å². The summed E-state index contributed by atoms with van der Waals surface area (Å²) in [6, 6.07) is 10.6. The zero-order valence-corrected chi connectivity index (χ0v) is 17.3. The normalized spacial score (nSPS) is 19.1. The van der Waals surface area contributed by atoms with Crippen LogP contribution in [0, 0.1) is 24.0 Å². The molecule has 0 aliphatic carbocycles. The first kappa shape index (κ1) is 20.2. The van der Waals surface area contributed by atoms with Gasteiger partial charge in [0.1, 0.15) is 0 Å². The molecule has 2 aromatic carbocycles. The Morgan fingerprint density at radius 1 is 1.13 bits per heavy atom. The first-order valence-corrected chi connectivity index (χ1v) is 10.2. The lowest BCUT2D eigenvalue weighted by Crippen LogP contribution is -2.48. The van der Waals surface area contributed by atoms with Crippen molar-refractivity contribution < 1.29 is 14.5 Å². The number of nitrogens with zero attached hydrogens (tertiary/aromatic N) is 3. The number of piperazine rings is 1. The quantitative estimate of drug-likeness (QED) is 0.602. The van der Waals surface area contributed by atoms with E-state index in [-0.39, 0.29) is 11.6 Å². The highest BCUT2D eigenvalue weighted by Crippen LogP contribution is 2.34. The number of aryl methyl sites for hydroxylation is 2. The maximum atomic E-state index is 12.4. The van der Waals surface area contributed by atoms with Crippen LogP contribution < -0.4 is 15.0 Å². The van der Waals surface area contributed by atoms with Crippen LogP contribution >= 0.6 is 0 Å². The van der Waals surface area contributed by atoms with Crippen LogP contribution in [0.2, 0.25) is 0 Å². The van der Waals surface area contributed by atoms with Gasteiger partial charge in [0.15, 0.2) is 11.9 Å². The molecule has 8 heteroatoms. The number of para-hydroxylation sites is 1. The lowest BCUT2D eigenvalue weighted by Gasteiger charge is -2.38. The monoisotopic (exact) mass is 410 g/mol. The summed E-state index contributed by atoms with van der Waals surface area (Å²) in [4.78, 5) is 27.7. The summed E-state index contributed by atoms with van der Waals surface area (Å²) >= 11 is 0. The summed E-state index contributed by atoms with van der Waals surface area (Å²) in [5, 5.41) is 13.8. The predicted molar refractivity (Wildman–Crippen MR) is 115 cm³/mol. The van der Waals surface area contributed by atoms with Gasteiger partial charge in [-0.25, -0.2) is 0 Å². The molecule has 2 aliphatic rings. The molecule has 1 fully saturated rings. The lowest BCUT2D eigenvalue weighted by molar-refractivity contribution is -0.384. The van der Waals surface area contributed by atoms with Crippen molar-refractivity contribution in [2.75, 3.05) is 42.9 Å². The van der Waals surface area contributed by atoms with E-state index in [0.29, 0.717) is 17.9 Å². The maximum absolute atomic E-state index is 12.4. The van der Waals surface area contributed by atoms with Gasteiger partial charge in [-0.05, 0) is 31.0 Å². The topological polar surface area (TPSA) is 87.9 Å². The third-order valence-electron chi connectivity index (χ3n) is 5.83. The fourth-order valence-electron chi connectivity index (χ4n) is 4.23. The Bertz CT molecular complexity index is 949. The molecule has 2 heterocycles. The molecular weight excluding hydrogens is 384 g/mol. The van der Waals surface area contributed by atoms with Gasteiger partial charge in [-0.3, -0.25) is 19.8 Å². The molecule has 0 aromatic heterocycles. The van der Waals surface area contributed by atoms with E-state index < -0.39 is 11.0 Å². The Balaban J connectivity index is 1.33. The second-order valence-corrected chi connectivity index (χ2v) is 7.89. The molecule has 1 N–H and O–H groups in total. The van der Waals surface area contributed by atoms with Crippen LogP contribution in [0.5, 0.6) is 5.75 Å². The molecule has 2 aliphatic heterocycles. The van der Waals surface area contributed by atoms with Crippen LogP contribution in [0.1, 0.15) is 17.5 Å². The van der Waals surface area contributed by atoms with E-state index >= 15 is 0 Å². The van der Waals surface area contributed by atoms with Crippen LogP contribution in [0.25, 0.3) is 0 Å². The number of fused-ring (bicyclic) bond motifs is 1. The van der Waals surface area contributed by atoms with Gasteiger partial charge >= 0.3 is 0 Å². The maximum Gasteiger partial charge on any atom is 0.273 e. The number of nitrogens with one attached hydrogen (secondary N) is 1. The van der Waals surface area contributed by atoms with Crippen LogP contribution in [-0.4, -0.2) is 54.6 Å². The fourth-order valence-corrected chi connectivity index (χ4v) is 4.23. The predicted octanol–water partition coefficient (Wildman–Crippen LogP) is 3.12. The van der Waals surface area contributed by atoms with Crippen molar-refractivity contribution in [1.82, 2.24) is 4.90 Å². The number of anilines is 2. The van der Waals surface area contributed by atoms with Crippen molar-refractivity contribution in [2.24, 2.45) is 0 Å². The molecule has 158 valence electrons. The standard InChI is InChI=1S/C22H26N4O4/c1-15-4-3-5-16(2)21(15)25-12-10-24(11-13-25)9-8-19-22(27)23-18-7-6-17(26(28)29)14-20(18)30-19/h3-7,14,19H,8-13H2,1-2H3,(H,23,27)/t19-/m0/s1. The number of benzene rings is 2. The molecule has 1 amide bonds. The van der Waals surface area contributed by atoms with Crippen LogP contribution in [0.15, 0.2) is 36.4 Å². The number of hydrogen-bond acceptors (Lipinski definition) is 6. The number of hydrogen-bond donors (Lipinski definition) is 1. The fraction of sp³-hybridized carbons (Fsp3) is 0.409. The third kappa shape index (κ3) is 4.09. The second kappa shape index (κ2) is 8.31. The number of carbonyl (C=O) groups is 1. The highest BCUT2D eigenvalue weighted by molar-refractivity contribution is 5.97. The van der Waals surface area contributed by atoms with E-state index in [1.165, 1.54) is 35.0 Å². The van der Waals surface area contributed by atoms with Crippen molar-refractivity contribution in [3.63, 3.8) is 0 Å². The first-order valence-electron chi connectivity index (χ1n) is 10.2. The highest BCUT2D eigenvalue weighted by Gasteiger charge is 2.30. The number of nitro groups is 1. The Morgan fingerprint density at radius 3 is 2.50 bits per heavy atom. The number of ether oxygens (including phenoxy) is 1. The van der Waals surface area contributed by atoms with Gasteiger partial charge in [-0.15, -0.1) is 0 Å². The number of nitro benzene ring substituents is 1. The van der Waals surface area contributed by atoms with Crippen molar-refractivity contribution in [3.8, 4) is 5.75 Å². The van der Waals surface area contributed by atoms with Crippen LogP contribution in [0.3, 0.4) is 0 Å². The van der Waals surface area contributed by atoms with Gasteiger partial charge in [0, 0.05) is 50.9 Å². The van der Waals surface area contributed by atoms with Crippen molar-refractivity contribution >= 4 is 23.0 Å². The Morgan fingerprint density at radius 2 is 1.83 bits per heavy atom. The molecule has 8 nitrogen and oxygen atoms in total. The summed E-state index contributed by atoms with van der Waals surface area (Å²) in [5.41, 5.74) is 4.34. The van der Waals surface area contributed by atoms with E-state index in [0.717, 1.165) is 32.7 Å². The number of non-ortho nitro benzene ring substituents is 1. The first-order chi connectivity index (χ1) is 14.4. The molecule has 30 heavy (non-hydrogen) atoms. The number of carbonyl (C=O) groups excluding carboxylic acids is 1. The summed E-state index contributed by atoms with van der Waals surface area (Å²) in [7, 11) is 0. The van der Waals surface area contributed by atoms with Gasteiger partial charge in [-0.1, -0.05) is 18.2 Å². The van der Waals surface area contributed by atoms with Crippen molar-refractivity contribution in [3.05, 3.63) is 57.6 Å². The third-order valence-corrected chi connectivity index (χ3v) is 5.83. The lowest BCUT2D eigenvalue weighted by atomic mass is 10.1. The Labute approximate surface area is 175 Å². The minimum atomic E-state index is -0.642. The van der Waals surface area contributed by atoms with Gasteiger partial charge in [0.2, 0.25) is 0 Å².